The number of piperidine rings is 1. The Labute approximate surface area is 164 Å². The lowest BCUT2D eigenvalue weighted by Gasteiger charge is -2.31. The van der Waals surface area contributed by atoms with E-state index in [-0.39, 0.29) is 6.04 Å². The lowest BCUT2D eigenvalue weighted by Crippen LogP contribution is -2.34. The first-order valence-corrected chi connectivity index (χ1v) is 9.68. The second-order valence-electron chi connectivity index (χ2n) is 7.16. The molecular formula is C23H25NO4. The topological polar surface area (TPSA) is 51.9 Å². The molecule has 0 aliphatic carbocycles. The molecule has 1 fully saturated rings. The molecule has 1 aliphatic heterocycles. The Hall–Kier alpha value is -2.79. The second-order valence-corrected chi connectivity index (χ2v) is 7.16. The number of hydrogen-bond donors (Lipinski definition) is 0. The van der Waals surface area contributed by atoms with Crippen molar-refractivity contribution in [3.63, 3.8) is 0 Å². The largest absolute Gasteiger partial charge is 0.493 e. The zero-order valence-electron chi connectivity index (χ0n) is 16.3. The summed E-state index contributed by atoms with van der Waals surface area (Å²) in [4.78, 5) is 14.1. The number of carbonyl (C=O) groups is 1. The lowest BCUT2D eigenvalue weighted by atomic mass is 10.0. The van der Waals surface area contributed by atoms with Gasteiger partial charge in [0.05, 0.1) is 20.3 Å². The first-order valence-electron chi connectivity index (χ1n) is 9.68. The lowest BCUT2D eigenvalue weighted by molar-refractivity contribution is -0.113. The van der Waals surface area contributed by atoms with Gasteiger partial charge in [-0.2, -0.15) is 0 Å². The number of hydrogen-bond acceptors (Lipinski definition) is 5. The Balaban J connectivity index is 1.67. The average Bonchev–Trinajstić information content (AvgIpc) is 3.18. The fourth-order valence-corrected chi connectivity index (χ4v) is 3.95. The highest BCUT2D eigenvalue weighted by Crippen LogP contribution is 2.35. The van der Waals surface area contributed by atoms with Crippen LogP contribution in [0.5, 0.6) is 11.5 Å². The van der Waals surface area contributed by atoms with E-state index in [1.165, 1.54) is 6.42 Å². The molecule has 0 amide bonds. The SMILES string of the molecule is COc1ccc(-c2cc3cc(C(C=O)N4CCCCC4)ccc3o2)cc1OC. The summed E-state index contributed by atoms with van der Waals surface area (Å²) < 4.78 is 16.7. The Morgan fingerprint density at radius 1 is 0.964 bits per heavy atom. The summed E-state index contributed by atoms with van der Waals surface area (Å²) in [7, 11) is 3.23. The standard InChI is InChI=1S/C23H25NO4/c1-26-21-9-7-17(13-23(21)27-2)22-14-18-12-16(6-8-20(18)28-22)19(15-25)24-10-4-3-5-11-24/h6-9,12-15,19H,3-5,10-11H2,1-2H3. The van der Waals surface area contributed by atoms with Crippen molar-refractivity contribution in [1.82, 2.24) is 4.90 Å². The summed E-state index contributed by atoms with van der Waals surface area (Å²) in [5.41, 5.74) is 2.74. The third-order valence-corrected chi connectivity index (χ3v) is 5.46. The molecule has 1 unspecified atom stereocenters. The van der Waals surface area contributed by atoms with Gasteiger partial charge < -0.3 is 18.7 Å². The van der Waals surface area contributed by atoms with Crippen molar-refractivity contribution in [3.05, 3.63) is 48.0 Å². The van der Waals surface area contributed by atoms with Gasteiger partial charge >= 0.3 is 0 Å². The monoisotopic (exact) mass is 379 g/mol. The van der Waals surface area contributed by atoms with Crippen LogP contribution in [0.25, 0.3) is 22.3 Å². The molecule has 0 N–H and O–H groups in total. The van der Waals surface area contributed by atoms with Gasteiger partial charge in [-0.3, -0.25) is 4.90 Å². The van der Waals surface area contributed by atoms with Crippen molar-refractivity contribution in [2.75, 3.05) is 27.3 Å². The van der Waals surface area contributed by atoms with Crippen LogP contribution in [0.2, 0.25) is 0 Å². The number of carbonyl (C=O) groups excluding carboxylic acids is 1. The Morgan fingerprint density at radius 3 is 2.46 bits per heavy atom. The van der Waals surface area contributed by atoms with E-state index in [9.17, 15) is 4.79 Å². The molecule has 28 heavy (non-hydrogen) atoms. The quantitative estimate of drug-likeness (QED) is 0.574. The van der Waals surface area contributed by atoms with Gasteiger partial charge in [-0.05, 0) is 67.9 Å². The molecule has 146 valence electrons. The van der Waals surface area contributed by atoms with Crippen molar-refractivity contribution in [2.24, 2.45) is 0 Å². The molecule has 0 radical (unpaired) electrons. The summed E-state index contributed by atoms with van der Waals surface area (Å²) in [6.07, 6.45) is 4.61. The predicted molar refractivity (Wildman–Crippen MR) is 109 cm³/mol. The number of likely N-dealkylation sites (tertiary alicyclic amines) is 1. The van der Waals surface area contributed by atoms with Crippen molar-refractivity contribution < 1.29 is 18.7 Å². The van der Waals surface area contributed by atoms with Gasteiger partial charge in [0.15, 0.2) is 11.5 Å². The minimum absolute atomic E-state index is 0.191. The predicted octanol–water partition coefficient (Wildman–Crippen LogP) is 4.84. The maximum absolute atomic E-state index is 11.8. The smallest absolute Gasteiger partial charge is 0.161 e. The Morgan fingerprint density at radius 2 is 1.75 bits per heavy atom. The van der Waals surface area contributed by atoms with Crippen LogP contribution in [0, 0.1) is 0 Å². The number of ether oxygens (including phenoxy) is 2. The summed E-state index contributed by atoms with van der Waals surface area (Å²) >= 11 is 0. The molecule has 1 aliphatic rings. The zero-order chi connectivity index (χ0) is 19.5. The van der Waals surface area contributed by atoms with Gasteiger partial charge in [-0.25, -0.2) is 0 Å². The van der Waals surface area contributed by atoms with Gasteiger partial charge in [0.25, 0.3) is 0 Å². The maximum Gasteiger partial charge on any atom is 0.161 e. The van der Waals surface area contributed by atoms with Crippen LogP contribution in [0.15, 0.2) is 46.9 Å². The van der Waals surface area contributed by atoms with E-state index in [0.717, 1.165) is 60.1 Å². The van der Waals surface area contributed by atoms with E-state index in [1.807, 2.05) is 36.4 Å². The van der Waals surface area contributed by atoms with Crippen molar-refractivity contribution in [3.8, 4) is 22.8 Å². The van der Waals surface area contributed by atoms with E-state index in [1.54, 1.807) is 14.2 Å². The number of rotatable bonds is 6. The van der Waals surface area contributed by atoms with Gasteiger partial charge in [0, 0.05) is 10.9 Å². The van der Waals surface area contributed by atoms with E-state index < -0.39 is 0 Å². The maximum atomic E-state index is 11.8. The van der Waals surface area contributed by atoms with Crippen molar-refractivity contribution in [2.45, 2.75) is 25.3 Å². The summed E-state index contributed by atoms with van der Waals surface area (Å²) in [6.45, 7) is 1.95. The normalized spacial score (nSPS) is 16.1. The molecule has 3 aromatic rings. The summed E-state index contributed by atoms with van der Waals surface area (Å²) in [5, 5.41) is 0.992. The molecule has 4 rings (SSSR count). The second kappa shape index (κ2) is 8.07. The number of aldehydes is 1. The molecule has 0 bridgehead atoms. The molecule has 2 aromatic carbocycles. The minimum atomic E-state index is -0.191. The first kappa shape index (κ1) is 18.6. The third kappa shape index (κ3) is 3.50. The Bertz CT molecular complexity index is 972. The van der Waals surface area contributed by atoms with E-state index in [2.05, 4.69) is 11.0 Å². The number of fused-ring (bicyclic) bond motifs is 1. The first-order chi connectivity index (χ1) is 13.7. The van der Waals surface area contributed by atoms with Crippen LogP contribution >= 0.6 is 0 Å². The van der Waals surface area contributed by atoms with Crippen molar-refractivity contribution >= 4 is 17.3 Å². The molecule has 5 nitrogen and oxygen atoms in total. The van der Waals surface area contributed by atoms with Crippen molar-refractivity contribution in [1.29, 1.82) is 0 Å². The van der Waals surface area contributed by atoms with Crippen LogP contribution in [0.4, 0.5) is 0 Å². The van der Waals surface area contributed by atoms with Crippen LogP contribution < -0.4 is 9.47 Å². The Kier molecular flexibility index (Phi) is 5.35. The number of furan rings is 1. The van der Waals surface area contributed by atoms with Gasteiger partial charge in [-0.1, -0.05) is 12.5 Å². The van der Waals surface area contributed by atoms with Gasteiger partial charge in [-0.15, -0.1) is 0 Å². The molecule has 5 heteroatoms. The fourth-order valence-electron chi connectivity index (χ4n) is 3.95. The van der Waals surface area contributed by atoms with Crippen LogP contribution in [-0.2, 0) is 4.79 Å². The minimum Gasteiger partial charge on any atom is -0.493 e. The molecule has 2 heterocycles. The summed E-state index contributed by atoms with van der Waals surface area (Å²) in [5.74, 6) is 2.10. The van der Waals surface area contributed by atoms with E-state index >= 15 is 0 Å². The fraction of sp³-hybridized carbons (Fsp3) is 0.348. The van der Waals surface area contributed by atoms with E-state index in [4.69, 9.17) is 13.9 Å². The molecule has 1 atom stereocenters. The van der Waals surface area contributed by atoms with Gasteiger partial charge in [0.1, 0.15) is 17.6 Å². The number of benzene rings is 2. The molecular weight excluding hydrogens is 354 g/mol. The van der Waals surface area contributed by atoms with E-state index in [0.29, 0.717) is 11.5 Å². The third-order valence-electron chi connectivity index (χ3n) is 5.46. The highest BCUT2D eigenvalue weighted by molar-refractivity contribution is 5.84. The molecule has 0 spiro atoms. The highest BCUT2D eigenvalue weighted by Gasteiger charge is 2.22. The zero-order valence-corrected chi connectivity index (χ0v) is 16.3. The van der Waals surface area contributed by atoms with Gasteiger partial charge in [0.2, 0.25) is 0 Å². The number of methoxy groups -OCH3 is 2. The summed E-state index contributed by atoms with van der Waals surface area (Å²) in [6, 6.07) is 13.6. The van der Waals surface area contributed by atoms with Crippen LogP contribution in [-0.4, -0.2) is 38.5 Å². The molecule has 1 saturated heterocycles. The van der Waals surface area contributed by atoms with Crippen LogP contribution in [0.3, 0.4) is 0 Å². The molecule has 1 aromatic heterocycles. The van der Waals surface area contributed by atoms with Crippen LogP contribution in [0.1, 0.15) is 30.9 Å². The highest BCUT2D eigenvalue weighted by atomic mass is 16.5. The molecule has 0 saturated carbocycles. The number of nitrogens with zero attached hydrogens (tertiary/aromatic N) is 1. The average molecular weight is 379 g/mol.